The molecular formula is C33H24NO+. The van der Waals surface area contributed by atoms with Gasteiger partial charge < -0.3 is 4.42 Å². The number of fused-ring (bicyclic) bond motifs is 6. The maximum absolute atomic E-state index is 6.72. The van der Waals surface area contributed by atoms with Gasteiger partial charge in [-0.2, -0.15) is 0 Å². The lowest BCUT2D eigenvalue weighted by molar-refractivity contribution is -0.660. The van der Waals surface area contributed by atoms with Crippen LogP contribution in [0.5, 0.6) is 0 Å². The van der Waals surface area contributed by atoms with Gasteiger partial charge in [-0.15, -0.1) is 0 Å². The first kappa shape index (κ1) is 20.0. The molecule has 0 fully saturated rings. The Bertz CT molecular complexity index is 1930. The van der Waals surface area contributed by atoms with E-state index < -0.39 is 0 Å². The number of nitrogens with zero attached hydrogens (tertiary/aromatic N) is 1. The van der Waals surface area contributed by atoms with Gasteiger partial charge in [0.1, 0.15) is 18.2 Å². The molecule has 0 atom stereocenters. The third-order valence-electron chi connectivity index (χ3n) is 7.30. The Hall–Kier alpha value is -4.43. The lowest BCUT2D eigenvalue weighted by atomic mass is 9.92. The molecule has 0 aliphatic heterocycles. The summed E-state index contributed by atoms with van der Waals surface area (Å²) in [5.41, 5.74) is 7.77. The summed E-state index contributed by atoms with van der Waals surface area (Å²) >= 11 is 0. The first-order valence-electron chi connectivity index (χ1n) is 12.0. The molecule has 0 aliphatic rings. The molecule has 35 heavy (non-hydrogen) atoms. The van der Waals surface area contributed by atoms with Crippen molar-refractivity contribution in [2.45, 2.75) is 6.92 Å². The van der Waals surface area contributed by atoms with Crippen molar-refractivity contribution in [3.8, 4) is 22.4 Å². The zero-order valence-electron chi connectivity index (χ0n) is 19.7. The topological polar surface area (TPSA) is 17.0 Å². The second-order valence-corrected chi connectivity index (χ2v) is 9.29. The first-order valence-corrected chi connectivity index (χ1v) is 12.0. The van der Waals surface area contributed by atoms with Gasteiger partial charge >= 0.3 is 0 Å². The van der Waals surface area contributed by atoms with Crippen LogP contribution in [-0.2, 0) is 7.05 Å². The van der Waals surface area contributed by atoms with E-state index in [0.717, 1.165) is 33.1 Å². The first-order chi connectivity index (χ1) is 17.2. The van der Waals surface area contributed by atoms with Gasteiger partial charge in [0, 0.05) is 34.0 Å². The SMILES string of the molecule is Cc1c(-c2cccc[n+]2C)ccc2c1oc1c(-c3cc4ccccc4c4ccccc34)cccc12. The Morgan fingerprint density at radius 1 is 0.543 bits per heavy atom. The number of furan rings is 1. The lowest BCUT2D eigenvalue weighted by Crippen LogP contribution is -2.30. The monoisotopic (exact) mass is 450 g/mol. The Labute approximate surface area is 203 Å². The molecule has 0 unspecified atom stereocenters. The van der Waals surface area contributed by atoms with E-state index in [2.05, 4.69) is 128 Å². The molecule has 2 heteroatoms. The summed E-state index contributed by atoms with van der Waals surface area (Å²) in [4.78, 5) is 0. The van der Waals surface area contributed by atoms with Crippen LogP contribution in [0.2, 0.25) is 0 Å². The van der Waals surface area contributed by atoms with Gasteiger partial charge in [0.05, 0.1) is 5.56 Å². The maximum atomic E-state index is 6.72. The quantitative estimate of drug-likeness (QED) is 0.191. The zero-order valence-corrected chi connectivity index (χ0v) is 19.7. The largest absolute Gasteiger partial charge is 0.455 e. The molecule has 0 radical (unpaired) electrons. The van der Waals surface area contributed by atoms with Crippen molar-refractivity contribution in [3.05, 3.63) is 115 Å². The number of rotatable bonds is 2. The van der Waals surface area contributed by atoms with E-state index in [-0.39, 0.29) is 0 Å². The lowest BCUT2D eigenvalue weighted by Gasteiger charge is -2.11. The van der Waals surface area contributed by atoms with Gasteiger partial charge in [0.2, 0.25) is 5.69 Å². The Morgan fingerprint density at radius 2 is 1.26 bits per heavy atom. The normalized spacial score (nSPS) is 11.7. The van der Waals surface area contributed by atoms with Crippen molar-refractivity contribution >= 4 is 43.5 Å². The number of aryl methyl sites for hydroxylation is 2. The Kier molecular flexibility index (Phi) is 4.31. The van der Waals surface area contributed by atoms with E-state index in [1.807, 2.05) is 0 Å². The molecule has 0 saturated carbocycles. The second-order valence-electron chi connectivity index (χ2n) is 9.29. The van der Waals surface area contributed by atoms with Crippen molar-refractivity contribution in [3.63, 3.8) is 0 Å². The molecule has 0 spiro atoms. The third kappa shape index (κ3) is 2.93. The summed E-state index contributed by atoms with van der Waals surface area (Å²) in [7, 11) is 2.08. The standard InChI is InChI=1S/C33H24NO/c1-21-23(31-16-7-8-19-34(31)2)17-18-29-27-14-9-15-28(33(27)35-32(21)29)30-20-22-10-3-4-11-24(22)25-12-5-6-13-26(25)30/h3-20H,1-2H3/q+1. The highest BCUT2D eigenvalue weighted by atomic mass is 16.3. The third-order valence-corrected chi connectivity index (χ3v) is 7.30. The molecule has 0 aliphatic carbocycles. The molecule has 2 aromatic heterocycles. The van der Waals surface area contributed by atoms with E-state index in [1.54, 1.807) is 0 Å². The minimum atomic E-state index is 0.945. The van der Waals surface area contributed by atoms with Gasteiger partial charge in [0.25, 0.3) is 0 Å². The zero-order chi connectivity index (χ0) is 23.5. The molecule has 0 bridgehead atoms. The fraction of sp³-hybridized carbons (Fsp3) is 0.0606. The molecule has 5 aromatic carbocycles. The highest BCUT2D eigenvalue weighted by Crippen LogP contribution is 2.42. The predicted molar refractivity (Wildman–Crippen MR) is 146 cm³/mol. The smallest absolute Gasteiger partial charge is 0.212 e. The van der Waals surface area contributed by atoms with Crippen molar-refractivity contribution in [1.29, 1.82) is 0 Å². The average Bonchev–Trinajstić information content (AvgIpc) is 3.29. The fourth-order valence-corrected chi connectivity index (χ4v) is 5.57. The van der Waals surface area contributed by atoms with Crippen LogP contribution in [0.1, 0.15) is 5.56 Å². The van der Waals surface area contributed by atoms with Gasteiger partial charge in [-0.1, -0.05) is 66.7 Å². The number of hydrogen-bond acceptors (Lipinski definition) is 1. The molecule has 7 aromatic rings. The summed E-state index contributed by atoms with van der Waals surface area (Å²) < 4.78 is 8.88. The van der Waals surface area contributed by atoms with Crippen LogP contribution in [0, 0.1) is 6.92 Å². The van der Waals surface area contributed by atoms with Gasteiger partial charge in [0.15, 0.2) is 6.20 Å². The molecule has 166 valence electrons. The van der Waals surface area contributed by atoms with Gasteiger partial charge in [-0.05, 0) is 58.3 Å². The summed E-state index contributed by atoms with van der Waals surface area (Å²) in [6.45, 7) is 2.16. The number of pyridine rings is 1. The molecule has 0 N–H and O–H groups in total. The van der Waals surface area contributed by atoms with Crippen LogP contribution in [0.3, 0.4) is 0 Å². The van der Waals surface area contributed by atoms with Crippen molar-refractivity contribution < 1.29 is 8.98 Å². The van der Waals surface area contributed by atoms with Crippen LogP contribution in [0.15, 0.2) is 114 Å². The number of aromatic nitrogens is 1. The number of para-hydroxylation sites is 1. The highest BCUT2D eigenvalue weighted by molar-refractivity contribution is 6.18. The Morgan fingerprint density at radius 3 is 2.11 bits per heavy atom. The summed E-state index contributed by atoms with van der Waals surface area (Å²) in [5, 5.41) is 7.34. The van der Waals surface area contributed by atoms with E-state index in [9.17, 15) is 0 Å². The summed E-state index contributed by atoms with van der Waals surface area (Å²) in [5.74, 6) is 0. The van der Waals surface area contributed by atoms with Crippen LogP contribution in [0.25, 0.3) is 65.9 Å². The van der Waals surface area contributed by atoms with Crippen LogP contribution < -0.4 is 4.57 Å². The maximum Gasteiger partial charge on any atom is 0.212 e. The van der Waals surface area contributed by atoms with Crippen LogP contribution >= 0.6 is 0 Å². The average molecular weight is 451 g/mol. The number of benzene rings is 5. The number of hydrogen-bond donors (Lipinski definition) is 0. The molecule has 0 amide bonds. The van der Waals surface area contributed by atoms with Gasteiger partial charge in [-0.25, -0.2) is 4.57 Å². The van der Waals surface area contributed by atoms with E-state index >= 15 is 0 Å². The fourth-order valence-electron chi connectivity index (χ4n) is 5.57. The minimum absolute atomic E-state index is 0.945. The van der Waals surface area contributed by atoms with E-state index in [4.69, 9.17) is 4.42 Å². The summed E-state index contributed by atoms with van der Waals surface area (Å²) in [6, 6.07) is 36.8. The van der Waals surface area contributed by atoms with Gasteiger partial charge in [-0.3, -0.25) is 0 Å². The van der Waals surface area contributed by atoms with Crippen molar-refractivity contribution in [2.24, 2.45) is 7.05 Å². The molecule has 2 nitrogen and oxygen atoms in total. The Balaban J connectivity index is 1.55. The van der Waals surface area contributed by atoms with E-state index in [1.165, 1.54) is 38.4 Å². The minimum Gasteiger partial charge on any atom is -0.455 e. The molecule has 7 rings (SSSR count). The molecular weight excluding hydrogens is 426 g/mol. The van der Waals surface area contributed by atoms with Crippen LogP contribution in [0.4, 0.5) is 0 Å². The second kappa shape index (κ2) is 7.54. The molecule has 2 heterocycles. The molecule has 0 saturated heterocycles. The predicted octanol–water partition coefficient (Wildman–Crippen LogP) is 8.36. The van der Waals surface area contributed by atoms with E-state index in [0.29, 0.717) is 0 Å². The summed E-state index contributed by atoms with van der Waals surface area (Å²) in [6.07, 6.45) is 2.08. The van der Waals surface area contributed by atoms with Crippen molar-refractivity contribution in [1.82, 2.24) is 0 Å². The van der Waals surface area contributed by atoms with Crippen molar-refractivity contribution in [2.75, 3.05) is 0 Å². The highest BCUT2D eigenvalue weighted by Gasteiger charge is 2.20. The van der Waals surface area contributed by atoms with Crippen LogP contribution in [-0.4, -0.2) is 0 Å².